The Morgan fingerprint density at radius 1 is 1.20 bits per heavy atom. The molecule has 0 fully saturated rings. The monoisotopic (exact) mass is 342 g/mol. The van der Waals surface area contributed by atoms with Gasteiger partial charge in [0.15, 0.2) is 0 Å². The molecule has 0 atom stereocenters. The maximum absolute atomic E-state index is 13.3. The first-order valence-electron chi connectivity index (χ1n) is 5.57. The van der Waals surface area contributed by atoms with E-state index in [0.29, 0.717) is 4.47 Å². The van der Waals surface area contributed by atoms with Crippen molar-refractivity contribution in [1.82, 2.24) is 0 Å². The molecular formula is C14H9BrF2O3. The predicted molar refractivity (Wildman–Crippen MR) is 71.8 cm³/mol. The number of carboxylic acid groups (broad SMARTS) is 1. The molecule has 0 saturated heterocycles. The SMILES string of the molecule is O=C(O)c1ccc(F)cc1COc1ccc(Br)c(F)c1. The summed E-state index contributed by atoms with van der Waals surface area (Å²) < 4.78 is 32.0. The van der Waals surface area contributed by atoms with Gasteiger partial charge in [-0.25, -0.2) is 13.6 Å². The largest absolute Gasteiger partial charge is 0.489 e. The van der Waals surface area contributed by atoms with E-state index in [4.69, 9.17) is 9.84 Å². The average Bonchev–Trinajstić information content (AvgIpc) is 2.40. The van der Waals surface area contributed by atoms with E-state index in [1.54, 1.807) is 0 Å². The lowest BCUT2D eigenvalue weighted by atomic mass is 10.1. The minimum absolute atomic E-state index is 0.0519. The Morgan fingerprint density at radius 3 is 2.60 bits per heavy atom. The van der Waals surface area contributed by atoms with Gasteiger partial charge in [-0.1, -0.05) is 0 Å². The molecule has 0 aliphatic rings. The van der Waals surface area contributed by atoms with Crippen LogP contribution < -0.4 is 4.74 Å². The molecule has 0 saturated carbocycles. The van der Waals surface area contributed by atoms with Gasteiger partial charge in [-0.05, 0) is 46.3 Å². The highest BCUT2D eigenvalue weighted by Gasteiger charge is 2.12. The number of ether oxygens (including phenoxy) is 1. The topological polar surface area (TPSA) is 46.5 Å². The average molecular weight is 343 g/mol. The lowest BCUT2D eigenvalue weighted by Gasteiger charge is -2.09. The summed E-state index contributed by atoms with van der Waals surface area (Å²) in [7, 11) is 0. The Morgan fingerprint density at radius 2 is 1.95 bits per heavy atom. The van der Waals surface area contributed by atoms with E-state index in [2.05, 4.69) is 15.9 Å². The Labute approximate surface area is 121 Å². The third-order valence-corrected chi connectivity index (χ3v) is 3.23. The number of hydrogen-bond donors (Lipinski definition) is 1. The molecule has 1 N–H and O–H groups in total. The molecule has 0 amide bonds. The number of hydrogen-bond acceptors (Lipinski definition) is 2. The summed E-state index contributed by atoms with van der Waals surface area (Å²) in [6.07, 6.45) is 0. The van der Waals surface area contributed by atoms with Crippen molar-refractivity contribution in [2.24, 2.45) is 0 Å². The predicted octanol–water partition coefficient (Wildman–Crippen LogP) is 4.00. The van der Waals surface area contributed by atoms with E-state index in [-0.39, 0.29) is 23.5 Å². The van der Waals surface area contributed by atoms with Crippen molar-refractivity contribution in [1.29, 1.82) is 0 Å². The molecule has 2 aromatic carbocycles. The molecule has 104 valence electrons. The third-order valence-electron chi connectivity index (χ3n) is 2.58. The van der Waals surface area contributed by atoms with Crippen molar-refractivity contribution < 1.29 is 23.4 Å². The number of aromatic carboxylic acids is 1. The van der Waals surface area contributed by atoms with E-state index >= 15 is 0 Å². The minimum Gasteiger partial charge on any atom is -0.489 e. The van der Waals surface area contributed by atoms with Crippen LogP contribution in [0.15, 0.2) is 40.9 Å². The molecule has 0 aromatic heterocycles. The van der Waals surface area contributed by atoms with E-state index in [9.17, 15) is 13.6 Å². The standard InChI is InChI=1S/C14H9BrF2O3/c15-12-4-2-10(6-13(12)17)20-7-8-5-9(16)1-3-11(8)14(18)19/h1-6H,7H2,(H,18,19). The van der Waals surface area contributed by atoms with Crippen LogP contribution in [-0.4, -0.2) is 11.1 Å². The van der Waals surface area contributed by atoms with Crippen LogP contribution in [0.25, 0.3) is 0 Å². The fourth-order valence-electron chi connectivity index (χ4n) is 1.62. The molecule has 0 radical (unpaired) electrons. The molecule has 2 aromatic rings. The molecule has 2 rings (SSSR count). The zero-order chi connectivity index (χ0) is 14.7. The lowest BCUT2D eigenvalue weighted by Crippen LogP contribution is -2.06. The smallest absolute Gasteiger partial charge is 0.336 e. The minimum atomic E-state index is -1.18. The summed E-state index contributed by atoms with van der Waals surface area (Å²) in [5.41, 5.74) is 0.129. The van der Waals surface area contributed by atoms with Gasteiger partial charge in [0.05, 0.1) is 10.0 Å². The van der Waals surface area contributed by atoms with Crippen LogP contribution in [-0.2, 0) is 6.61 Å². The first-order valence-corrected chi connectivity index (χ1v) is 6.36. The van der Waals surface area contributed by atoms with Gasteiger partial charge in [0.1, 0.15) is 24.0 Å². The third kappa shape index (κ3) is 3.33. The highest BCUT2D eigenvalue weighted by molar-refractivity contribution is 9.10. The van der Waals surface area contributed by atoms with Crippen LogP contribution in [0.1, 0.15) is 15.9 Å². The first kappa shape index (κ1) is 14.5. The van der Waals surface area contributed by atoms with Crippen LogP contribution in [0.5, 0.6) is 5.75 Å². The molecule has 0 spiro atoms. The summed E-state index contributed by atoms with van der Waals surface area (Å²) >= 11 is 3.01. The van der Waals surface area contributed by atoms with Crippen LogP contribution in [0.2, 0.25) is 0 Å². The molecule has 0 unspecified atom stereocenters. The van der Waals surface area contributed by atoms with E-state index in [0.717, 1.165) is 18.2 Å². The van der Waals surface area contributed by atoms with Crippen molar-refractivity contribution in [2.45, 2.75) is 6.61 Å². The Hall–Kier alpha value is -1.95. The summed E-state index contributed by atoms with van der Waals surface area (Å²) in [4.78, 5) is 11.0. The first-order chi connectivity index (χ1) is 9.47. The van der Waals surface area contributed by atoms with Crippen LogP contribution >= 0.6 is 15.9 Å². The molecule has 3 nitrogen and oxygen atoms in total. The van der Waals surface area contributed by atoms with Crippen LogP contribution in [0.3, 0.4) is 0 Å². The summed E-state index contributed by atoms with van der Waals surface area (Å²) in [5.74, 6) is -2.01. The van der Waals surface area contributed by atoms with Crippen LogP contribution in [0.4, 0.5) is 8.78 Å². The van der Waals surface area contributed by atoms with Gasteiger partial charge in [0.2, 0.25) is 0 Å². The van der Waals surface area contributed by atoms with Gasteiger partial charge in [-0.3, -0.25) is 0 Å². The highest BCUT2D eigenvalue weighted by atomic mass is 79.9. The van der Waals surface area contributed by atoms with Gasteiger partial charge < -0.3 is 9.84 Å². The Balaban J connectivity index is 2.20. The fraction of sp³-hybridized carbons (Fsp3) is 0.0714. The van der Waals surface area contributed by atoms with Gasteiger partial charge in [0.25, 0.3) is 0 Å². The van der Waals surface area contributed by atoms with E-state index < -0.39 is 17.6 Å². The number of halogens is 3. The van der Waals surface area contributed by atoms with Crippen LogP contribution in [0, 0.1) is 11.6 Å². The van der Waals surface area contributed by atoms with Crippen molar-refractivity contribution in [3.63, 3.8) is 0 Å². The Bertz CT molecular complexity index is 659. The fourth-order valence-corrected chi connectivity index (χ4v) is 1.86. The van der Waals surface area contributed by atoms with Crippen molar-refractivity contribution in [3.05, 3.63) is 63.6 Å². The van der Waals surface area contributed by atoms with Crippen molar-refractivity contribution in [2.75, 3.05) is 0 Å². The van der Waals surface area contributed by atoms with Gasteiger partial charge in [-0.2, -0.15) is 0 Å². The zero-order valence-corrected chi connectivity index (χ0v) is 11.7. The Kier molecular flexibility index (Phi) is 4.34. The second-order valence-corrected chi connectivity index (χ2v) is 4.83. The normalized spacial score (nSPS) is 10.3. The second kappa shape index (κ2) is 6.00. The van der Waals surface area contributed by atoms with E-state index in [1.165, 1.54) is 18.2 Å². The summed E-state index contributed by atoms with van der Waals surface area (Å²) in [6, 6.07) is 7.45. The zero-order valence-electron chi connectivity index (χ0n) is 10.1. The maximum atomic E-state index is 13.3. The molecule has 0 aliphatic heterocycles. The van der Waals surface area contributed by atoms with Crippen molar-refractivity contribution >= 4 is 21.9 Å². The van der Waals surface area contributed by atoms with Gasteiger partial charge >= 0.3 is 5.97 Å². The number of benzene rings is 2. The van der Waals surface area contributed by atoms with Gasteiger partial charge in [-0.15, -0.1) is 0 Å². The number of carbonyl (C=O) groups is 1. The highest BCUT2D eigenvalue weighted by Crippen LogP contribution is 2.22. The second-order valence-electron chi connectivity index (χ2n) is 3.97. The summed E-state index contributed by atoms with van der Waals surface area (Å²) in [5, 5.41) is 8.99. The van der Waals surface area contributed by atoms with E-state index in [1.807, 2.05) is 0 Å². The summed E-state index contributed by atoms with van der Waals surface area (Å²) in [6.45, 7) is -0.166. The van der Waals surface area contributed by atoms with Gasteiger partial charge in [0, 0.05) is 11.6 Å². The quantitative estimate of drug-likeness (QED) is 0.913. The molecule has 6 heteroatoms. The molecule has 0 bridgehead atoms. The number of carboxylic acids is 1. The lowest BCUT2D eigenvalue weighted by molar-refractivity contribution is 0.0694. The molecular weight excluding hydrogens is 334 g/mol. The maximum Gasteiger partial charge on any atom is 0.336 e. The number of rotatable bonds is 4. The molecule has 0 heterocycles. The molecule has 0 aliphatic carbocycles. The molecule has 20 heavy (non-hydrogen) atoms. The van der Waals surface area contributed by atoms with Crippen molar-refractivity contribution in [3.8, 4) is 5.75 Å².